The number of allylic oxidation sites excluding steroid dienone is 8. The summed E-state index contributed by atoms with van der Waals surface area (Å²) in [5.41, 5.74) is 0. The first-order valence-electron chi connectivity index (χ1n) is 5.66. The van der Waals surface area contributed by atoms with Crippen LogP contribution in [0, 0.1) is 13.5 Å². The number of hydrogen-bond donors (Lipinski definition) is 0. The van der Waals surface area contributed by atoms with E-state index in [2.05, 4.69) is 22.8 Å². The fraction of sp³-hybridized carbons (Fsp3) is 0.438. The van der Waals surface area contributed by atoms with Crippen molar-refractivity contribution in [1.29, 1.82) is 0 Å². The van der Waals surface area contributed by atoms with Crippen LogP contribution in [0.3, 0.4) is 0 Å². The van der Waals surface area contributed by atoms with Crippen LogP contribution in [-0.4, -0.2) is 28.2 Å². The minimum absolute atomic E-state index is 0. The van der Waals surface area contributed by atoms with Gasteiger partial charge in [-0.05, 0) is 13.8 Å². The fourth-order valence-corrected chi connectivity index (χ4v) is 0.562. The Balaban J connectivity index is -0.0000000463. The van der Waals surface area contributed by atoms with Crippen molar-refractivity contribution in [2.75, 3.05) is 28.2 Å². The van der Waals surface area contributed by atoms with E-state index in [1.165, 1.54) is 0 Å². The molecule has 19 heavy (non-hydrogen) atoms. The van der Waals surface area contributed by atoms with Gasteiger partial charge >= 0.3 is 21.7 Å². The Morgan fingerprint density at radius 3 is 1.42 bits per heavy atom. The van der Waals surface area contributed by atoms with E-state index in [4.69, 9.17) is 0 Å². The summed E-state index contributed by atoms with van der Waals surface area (Å²) in [5, 5.41) is 7.00. The van der Waals surface area contributed by atoms with Crippen molar-refractivity contribution in [2.24, 2.45) is 0 Å². The smallest absolute Gasteiger partial charge is 0.668 e. The van der Waals surface area contributed by atoms with Crippen molar-refractivity contribution in [2.45, 2.75) is 20.3 Å². The first kappa shape index (κ1) is 31.1. The van der Waals surface area contributed by atoms with E-state index < -0.39 is 0 Å². The predicted molar refractivity (Wildman–Crippen MR) is 88.0 cm³/mol. The van der Waals surface area contributed by atoms with Crippen LogP contribution >= 0.6 is 0 Å². The van der Waals surface area contributed by atoms with Gasteiger partial charge in [0.1, 0.15) is 0 Å². The minimum atomic E-state index is 0. The molecule has 0 bridgehead atoms. The molecule has 0 aromatic carbocycles. The molecule has 0 aliphatic heterocycles. The zero-order valence-corrected chi connectivity index (χ0v) is 15.2. The van der Waals surface area contributed by atoms with Gasteiger partial charge in [0.2, 0.25) is 0 Å². The molecule has 1 aliphatic carbocycles. The van der Waals surface area contributed by atoms with E-state index >= 15 is 0 Å². The largest absolute Gasteiger partial charge is 4.00 e. The predicted octanol–water partition coefficient (Wildman–Crippen LogP) is 5.13. The van der Waals surface area contributed by atoms with Gasteiger partial charge in [0.05, 0.1) is 0 Å². The Labute approximate surface area is 137 Å². The molecule has 0 aromatic rings. The Morgan fingerprint density at radius 1 is 0.947 bits per heavy atom. The van der Waals surface area contributed by atoms with Crippen LogP contribution in [0.4, 0.5) is 0 Å². The SMILES string of the molecule is CC=CC=CC.C[N-]C.C[N-]C.[C-]1=CC=CC1.[CH3-].[Ti+4]. The summed E-state index contributed by atoms with van der Waals surface area (Å²) >= 11 is 0. The Kier molecular flexibility index (Phi) is 70.8. The molecule has 0 heterocycles. The molecule has 0 saturated carbocycles. The van der Waals surface area contributed by atoms with Crippen LogP contribution in [-0.2, 0) is 21.7 Å². The summed E-state index contributed by atoms with van der Waals surface area (Å²) in [6, 6.07) is 0. The van der Waals surface area contributed by atoms with Gasteiger partial charge in [-0.1, -0.05) is 24.3 Å². The Bertz CT molecular complexity index is 185. The third-order valence-corrected chi connectivity index (χ3v) is 1.08. The zero-order valence-electron chi connectivity index (χ0n) is 13.6. The number of nitrogens with zero attached hydrogens (tertiary/aromatic N) is 2. The molecule has 2 nitrogen and oxygen atoms in total. The van der Waals surface area contributed by atoms with Gasteiger partial charge in [-0.3, -0.25) is 6.08 Å². The Hall–Kier alpha value is -0.406. The van der Waals surface area contributed by atoms with Gasteiger partial charge in [-0.2, -0.15) is 34.3 Å². The average Bonchev–Trinajstić information content (AvgIpc) is 2.87. The van der Waals surface area contributed by atoms with Crippen molar-refractivity contribution >= 4 is 0 Å². The normalized spacial score (nSPS) is 10.2. The molecule has 1 aliphatic rings. The molecule has 1 rings (SSSR count). The number of hydrogen-bond acceptors (Lipinski definition) is 0. The maximum atomic E-state index is 3.50. The van der Waals surface area contributed by atoms with E-state index in [-0.39, 0.29) is 29.1 Å². The molecule has 0 atom stereocenters. The monoisotopic (exact) mass is 298 g/mol. The molecule has 0 unspecified atom stereocenters. The molecule has 0 N–H and O–H groups in total. The third-order valence-electron chi connectivity index (χ3n) is 1.08. The molecule has 3 heteroatoms. The van der Waals surface area contributed by atoms with Gasteiger partial charge in [0.15, 0.2) is 0 Å². The van der Waals surface area contributed by atoms with E-state index in [1.54, 1.807) is 28.2 Å². The van der Waals surface area contributed by atoms with Gasteiger partial charge < -0.3 is 18.1 Å². The van der Waals surface area contributed by atoms with Crippen LogP contribution in [0.15, 0.2) is 42.5 Å². The molecule has 0 radical (unpaired) electrons. The second-order valence-electron chi connectivity index (χ2n) is 2.95. The van der Waals surface area contributed by atoms with Gasteiger partial charge in [0.25, 0.3) is 0 Å². The van der Waals surface area contributed by atoms with E-state index in [0.717, 1.165) is 6.42 Å². The topological polar surface area (TPSA) is 28.2 Å². The molecule has 0 saturated heterocycles. The summed E-state index contributed by atoms with van der Waals surface area (Å²) in [4.78, 5) is 0. The molecular weight excluding hydrogens is 268 g/mol. The second kappa shape index (κ2) is 43.2. The maximum Gasteiger partial charge on any atom is 4.00 e. The standard InChI is InChI=1S/C6H10.C5H5.2C2H6N.CH3.Ti/c1-3-5-6-4-2;1-2-4-5-3-1;2*1-3-2;;/h3-6H,1-2H3;1-3H,4H2;2*1-2H3;1H3;/q;4*-1;+4. The van der Waals surface area contributed by atoms with E-state index in [1.807, 2.05) is 50.3 Å². The van der Waals surface area contributed by atoms with Crippen LogP contribution in [0.5, 0.6) is 0 Å². The Morgan fingerprint density at radius 2 is 1.32 bits per heavy atom. The molecule has 0 amide bonds. The summed E-state index contributed by atoms with van der Waals surface area (Å²) in [7, 11) is 7.00. The van der Waals surface area contributed by atoms with Crippen LogP contribution in [0.25, 0.3) is 10.6 Å². The first-order valence-corrected chi connectivity index (χ1v) is 5.66. The first-order chi connectivity index (χ1) is 8.24. The molecule has 108 valence electrons. The van der Waals surface area contributed by atoms with Gasteiger partial charge in [0, 0.05) is 0 Å². The quantitative estimate of drug-likeness (QED) is 0.365. The summed E-state index contributed by atoms with van der Waals surface area (Å²) in [5.74, 6) is 0. The summed E-state index contributed by atoms with van der Waals surface area (Å²) < 4.78 is 0. The third kappa shape index (κ3) is 74.2. The molecule has 0 fully saturated rings. The van der Waals surface area contributed by atoms with Gasteiger partial charge in [-0.25, -0.2) is 12.2 Å². The van der Waals surface area contributed by atoms with Crippen LogP contribution < -0.4 is 0 Å². The van der Waals surface area contributed by atoms with Crippen molar-refractivity contribution in [3.8, 4) is 0 Å². The molecule has 0 aromatic heterocycles. The van der Waals surface area contributed by atoms with Gasteiger partial charge in [-0.15, -0.1) is 6.42 Å². The summed E-state index contributed by atoms with van der Waals surface area (Å²) in [6.45, 7) is 4.00. The van der Waals surface area contributed by atoms with Crippen molar-refractivity contribution in [3.05, 3.63) is 66.7 Å². The maximum absolute atomic E-state index is 3.50. The van der Waals surface area contributed by atoms with Crippen molar-refractivity contribution in [3.63, 3.8) is 0 Å². The zero-order chi connectivity index (χ0) is 13.8. The van der Waals surface area contributed by atoms with E-state index in [0.29, 0.717) is 0 Å². The molecular formula is C16H30N2Ti. The van der Waals surface area contributed by atoms with Crippen LogP contribution in [0.1, 0.15) is 20.3 Å². The molecule has 0 spiro atoms. The second-order valence-corrected chi connectivity index (χ2v) is 2.95. The van der Waals surface area contributed by atoms with Crippen LogP contribution in [0.2, 0.25) is 0 Å². The van der Waals surface area contributed by atoms with Crippen molar-refractivity contribution < 1.29 is 21.7 Å². The number of rotatable bonds is 1. The van der Waals surface area contributed by atoms with E-state index in [9.17, 15) is 0 Å². The fourth-order valence-electron chi connectivity index (χ4n) is 0.562. The summed E-state index contributed by atoms with van der Waals surface area (Å²) in [6.07, 6.45) is 18.0. The average molecular weight is 298 g/mol. The minimum Gasteiger partial charge on any atom is -0.668 e. The van der Waals surface area contributed by atoms with Crippen molar-refractivity contribution in [1.82, 2.24) is 0 Å².